The van der Waals surface area contributed by atoms with Gasteiger partial charge in [-0.15, -0.1) is 0 Å². The lowest BCUT2D eigenvalue weighted by Gasteiger charge is -2.10. The molecule has 0 aliphatic heterocycles. The molecule has 66 valence electrons. The minimum Gasteiger partial charge on any atom is -0.368 e. The first-order chi connectivity index (χ1) is 5.54. The normalized spacial score (nSPS) is 12.8. The molecule has 0 saturated carbocycles. The van der Waals surface area contributed by atoms with Crippen LogP contribution in [0.3, 0.4) is 0 Å². The molecule has 0 spiro atoms. The lowest BCUT2D eigenvalue weighted by Crippen LogP contribution is -2.24. The molecule has 5 heteroatoms. The number of nitrogens with two attached hydrogens (primary N) is 1. The first-order valence-corrected chi connectivity index (χ1v) is 4.00. The fourth-order valence-electron chi connectivity index (χ4n) is 1.07. The zero-order valence-electron chi connectivity index (χ0n) is 7.00. The van der Waals surface area contributed by atoms with E-state index >= 15 is 0 Å². The van der Waals surface area contributed by atoms with Gasteiger partial charge in [0.1, 0.15) is 6.04 Å². The summed E-state index contributed by atoms with van der Waals surface area (Å²) in [7, 11) is 0. The van der Waals surface area contributed by atoms with Crippen molar-refractivity contribution in [2.75, 3.05) is 0 Å². The highest BCUT2D eigenvalue weighted by Gasteiger charge is 2.13. The maximum Gasteiger partial charge on any atom is 0.240 e. The molecule has 12 heavy (non-hydrogen) atoms. The summed E-state index contributed by atoms with van der Waals surface area (Å²) in [6.07, 6.45) is 1.75. The van der Waals surface area contributed by atoms with Gasteiger partial charge in [-0.2, -0.15) is 0 Å². The highest BCUT2D eigenvalue weighted by atomic mass is 32.1. The Morgan fingerprint density at radius 3 is 2.75 bits per heavy atom. The quantitative estimate of drug-likeness (QED) is 0.672. The Hall–Kier alpha value is -1.10. The molecule has 1 rings (SSSR count). The van der Waals surface area contributed by atoms with Crippen molar-refractivity contribution in [3.8, 4) is 0 Å². The summed E-state index contributed by atoms with van der Waals surface area (Å²) in [6, 6.07) is -0.385. The summed E-state index contributed by atoms with van der Waals surface area (Å²) in [6.45, 7) is 3.59. The summed E-state index contributed by atoms with van der Waals surface area (Å²) >= 11 is 4.97. The third-order valence-corrected chi connectivity index (χ3v) is 2.12. The van der Waals surface area contributed by atoms with E-state index in [0.717, 1.165) is 5.69 Å². The average molecular weight is 185 g/mol. The number of aromatic nitrogens is 2. The number of hydrogen-bond acceptors (Lipinski definition) is 2. The van der Waals surface area contributed by atoms with Crippen molar-refractivity contribution in [1.82, 2.24) is 9.55 Å². The van der Waals surface area contributed by atoms with Gasteiger partial charge in [0.15, 0.2) is 4.77 Å². The van der Waals surface area contributed by atoms with Crippen LogP contribution < -0.4 is 5.73 Å². The highest BCUT2D eigenvalue weighted by molar-refractivity contribution is 7.71. The summed E-state index contributed by atoms with van der Waals surface area (Å²) < 4.78 is 2.22. The molecule has 1 aromatic rings. The number of nitrogens with zero attached hydrogens (tertiary/aromatic N) is 1. The standard InChI is InChI=1S/C7H11N3OS/c1-4-3-9-7(12)10(4)5(2)6(8)11/h3,5H,1-2H3,(H2,8,11)(H,9,12). The fraction of sp³-hybridized carbons (Fsp3) is 0.429. The van der Waals surface area contributed by atoms with Gasteiger partial charge < -0.3 is 15.3 Å². The van der Waals surface area contributed by atoms with E-state index in [1.165, 1.54) is 0 Å². The summed E-state index contributed by atoms with van der Waals surface area (Å²) in [5.41, 5.74) is 6.05. The van der Waals surface area contributed by atoms with Crippen molar-refractivity contribution in [3.05, 3.63) is 16.7 Å². The van der Waals surface area contributed by atoms with Crippen molar-refractivity contribution >= 4 is 18.1 Å². The molecule has 1 unspecified atom stereocenters. The molecule has 1 aromatic heterocycles. The van der Waals surface area contributed by atoms with E-state index in [1.807, 2.05) is 6.92 Å². The van der Waals surface area contributed by atoms with E-state index in [4.69, 9.17) is 18.0 Å². The van der Waals surface area contributed by atoms with Gasteiger partial charge >= 0.3 is 0 Å². The molecule has 3 N–H and O–H groups in total. The van der Waals surface area contributed by atoms with Crippen LogP contribution in [-0.4, -0.2) is 15.5 Å². The van der Waals surface area contributed by atoms with Gasteiger partial charge in [0.05, 0.1) is 0 Å². The van der Waals surface area contributed by atoms with Gasteiger partial charge in [0.2, 0.25) is 5.91 Å². The number of aryl methyl sites for hydroxylation is 1. The highest BCUT2D eigenvalue weighted by Crippen LogP contribution is 2.09. The van der Waals surface area contributed by atoms with Crippen LogP contribution in [0.25, 0.3) is 0 Å². The lowest BCUT2D eigenvalue weighted by atomic mass is 10.3. The Kier molecular flexibility index (Phi) is 2.32. The third-order valence-electron chi connectivity index (χ3n) is 1.80. The topological polar surface area (TPSA) is 63.8 Å². The average Bonchev–Trinajstić information content (AvgIpc) is 2.30. The predicted octanol–water partition coefficient (Wildman–Crippen LogP) is 0.900. The second-order valence-electron chi connectivity index (χ2n) is 2.68. The zero-order valence-corrected chi connectivity index (χ0v) is 7.81. The smallest absolute Gasteiger partial charge is 0.240 e. The Morgan fingerprint density at radius 1 is 1.83 bits per heavy atom. The van der Waals surface area contributed by atoms with Crippen LogP contribution in [0.5, 0.6) is 0 Å². The molecule has 0 radical (unpaired) electrons. The SMILES string of the molecule is Cc1c[nH]c(=S)n1C(C)C(N)=O. The molecule has 0 fully saturated rings. The van der Waals surface area contributed by atoms with Crippen molar-refractivity contribution in [3.63, 3.8) is 0 Å². The minimum atomic E-state index is -0.385. The number of amides is 1. The van der Waals surface area contributed by atoms with Crippen LogP contribution in [0, 0.1) is 11.7 Å². The third kappa shape index (κ3) is 1.40. The van der Waals surface area contributed by atoms with Crippen molar-refractivity contribution in [1.29, 1.82) is 0 Å². The van der Waals surface area contributed by atoms with E-state index in [-0.39, 0.29) is 11.9 Å². The molecule has 0 bridgehead atoms. The van der Waals surface area contributed by atoms with E-state index in [2.05, 4.69) is 4.98 Å². The Morgan fingerprint density at radius 2 is 2.42 bits per heavy atom. The molecule has 1 atom stereocenters. The van der Waals surface area contributed by atoms with Crippen LogP contribution >= 0.6 is 12.2 Å². The van der Waals surface area contributed by atoms with Gasteiger partial charge in [-0.05, 0) is 26.1 Å². The maximum absolute atomic E-state index is 10.8. The van der Waals surface area contributed by atoms with Crippen molar-refractivity contribution in [2.45, 2.75) is 19.9 Å². The molecule has 0 aromatic carbocycles. The fourth-order valence-corrected chi connectivity index (χ4v) is 1.44. The summed E-state index contributed by atoms with van der Waals surface area (Å²) in [4.78, 5) is 13.7. The molecule has 1 amide bonds. The number of nitrogens with one attached hydrogen (secondary N) is 1. The first kappa shape index (κ1) is 8.99. The Balaban J connectivity index is 3.18. The van der Waals surface area contributed by atoms with Crippen LogP contribution in [0.2, 0.25) is 0 Å². The molecule has 0 aliphatic carbocycles. The number of rotatable bonds is 2. The lowest BCUT2D eigenvalue weighted by molar-refractivity contribution is -0.120. The van der Waals surface area contributed by atoms with Gasteiger partial charge in [-0.3, -0.25) is 4.79 Å². The van der Waals surface area contributed by atoms with Gasteiger partial charge in [0.25, 0.3) is 0 Å². The van der Waals surface area contributed by atoms with Crippen LogP contribution in [0.4, 0.5) is 0 Å². The number of primary amides is 1. The van der Waals surface area contributed by atoms with Crippen molar-refractivity contribution < 1.29 is 4.79 Å². The second-order valence-corrected chi connectivity index (χ2v) is 3.07. The number of hydrogen-bond donors (Lipinski definition) is 2. The van der Waals surface area contributed by atoms with Crippen LogP contribution in [-0.2, 0) is 4.79 Å². The van der Waals surface area contributed by atoms with Crippen LogP contribution in [0.1, 0.15) is 18.7 Å². The Labute approximate surface area is 75.4 Å². The number of imidazole rings is 1. The summed E-state index contributed by atoms with van der Waals surface area (Å²) in [5, 5.41) is 0. The molecule has 0 aliphatic rings. The molecular weight excluding hydrogens is 174 g/mol. The second kappa shape index (κ2) is 3.10. The summed E-state index contributed by atoms with van der Waals surface area (Å²) in [5.74, 6) is -0.381. The molecule has 1 heterocycles. The number of aromatic amines is 1. The Bertz CT molecular complexity index is 352. The molecule has 4 nitrogen and oxygen atoms in total. The molecule has 0 saturated heterocycles. The monoisotopic (exact) mass is 185 g/mol. The van der Waals surface area contributed by atoms with Crippen molar-refractivity contribution in [2.24, 2.45) is 5.73 Å². The maximum atomic E-state index is 10.8. The minimum absolute atomic E-state index is 0.381. The number of H-pyrrole nitrogens is 1. The zero-order chi connectivity index (χ0) is 9.30. The first-order valence-electron chi connectivity index (χ1n) is 3.60. The number of carbonyl (C=O) groups is 1. The van der Waals surface area contributed by atoms with E-state index in [0.29, 0.717) is 4.77 Å². The predicted molar refractivity (Wildman–Crippen MR) is 48.3 cm³/mol. The van der Waals surface area contributed by atoms with Crippen LogP contribution in [0.15, 0.2) is 6.20 Å². The van der Waals surface area contributed by atoms with E-state index in [9.17, 15) is 4.79 Å². The van der Waals surface area contributed by atoms with Gasteiger partial charge in [-0.25, -0.2) is 0 Å². The van der Waals surface area contributed by atoms with Gasteiger partial charge in [0, 0.05) is 11.9 Å². The van der Waals surface area contributed by atoms with E-state index < -0.39 is 0 Å². The molecular formula is C7H11N3OS. The van der Waals surface area contributed by atoms with Gasteiger partial charge in [-0.1, -0.05) is 0 Å². The largest absolute Gasteiger partial charge is 0.368 e. The van der Waals surface area contributed by atoms with E-state index in [1.54, 1.807) is 17.7 Å². The number of carbonyl (C=O) groups excluding carboxylic acids is 1.